The Morgan fingerprint density at radius 3 is 2.95 bits per heavy atom. The Labute approximate surface area is 119 Å². The van der Waals surface area contributed by atoms with Crippen LogP contribution in [0.1, 0.15) is 16.8 Å². The number of nitrogens with zero attached hydrogens (tertiary/aromatic N) is 4. The van der Waals surface area contributed by atoms with Crippen molar-refractivity contribution in [3.8, 4) is 6.07 Å². The van der Waals surface area contributed by atoms with Gasteiger partial charge in [-0.3, -0.25) is 0 Å². The molecular weight excluding hydrogens is 304 g/mol. The van der Waals surface area contributed by atoms with E-state index in [1.54, 1.807) is 12.4 Å². The third-order valence-electron chi connectivity index (χ3n) is 3.29. The number of rotatable bonds is 1. The van der Waals surface area contributed by atoms with Crippen LogP contribution in [0.3, 0.4) is 0 Å². The number of nitriles is 1. The minimum Gasteiger partial charge on any atom is -0.350 e. The maximum atomic E-state index is 9.10. The first-order chi connectivity index (χ1) is 9.29. The summed E-state index contributed by atoms with van der Waals surface area (Å²) >= 11 is 3.59. The molecule has 5 heteroatoms. The molecule has 0 radical (unpaired) electrons. The van der Waals surface area contributed by atoms with Crippen molar-refractivity contribution < 1.29 is 0 Å². The number of hydrogen-bond donors (Lipinski definition) is 0. The summed E-state index contributed by atoms with van der Waals surface area (Å²) in [5, 5.41) is 9.10. The molecule has 0 N–H and O–H groups in total. The maximum Gasteiger partial charge on any atom is 0.183 e. The Balaban J connectivity index is 1.96. The highest BCUT2D eigenvalue weighted by Crippen LogP contribution is 2.28. The molecule has 1 aromatic carbocycles. The molecule has 0 saturated heterocycles. The van der Waals surface area contributed by atoms with Crippen LogP contribution in [0.2, 0.25) is 0 Å². The van der Waals surface area contributed by atoms with Gasteiger partial charge in [-0.25, -0.2) is 9.97 Å². The van der Waals surface area contributed by atoms with E-state index in [9.17, 15) is 0 Å². The molecule has 2 heterocycles. The topological polar surface area (TPSA) is 52.8 Å². The van der Waals surface area contributed by atoms with E-state index in [2.05, 4.69) is 49.0 Å². The minimum atomic E-state index is 0.390. The van der Waals surface area contributed by atoms with Gasteiger partial charge < -0.3 is 4.90 Å². The van der Waals surface area contributed by atoms with Gasteiger partial charge >= 0.3 is 0 Å². The monoisotopic (exact) mass is 314 g/mol. The Bertz CT molecular complexity index is 663. The van der Waals surface area contributed by atoms with Gasteiger partial charge in [0.15, 0.2) is 11.5 Å². The van der Waals surface area contributed by atoms with E-state index >= 15 is 0 Å². The molecule has 19 heavy (non-hydrogen) atoms. The van der Waals surface area contributed by atoms with Gasteiger partial charge in [0.05, 0.1) is 0 Å². The van der Waals surface area contributed by atoms with Crippen LogP contribution in [-0.4, -0.2) is 16.5 Å². The van der Waals surface area contributed by atoms with Crippen molar-refractivity contribution in [2.45, 2.75) is 13.0 Å². The zero-order valence-corrected chi connectivity index (χ0v) is 11.8. The number of benzene rings is 1. The molecule has 0 amide bonds. The maximum absolute atomic E-state index is 9.10. The fourth-order valence-corrected chi connectivity index (χ4v) is 2.99. The molecule has 94 valence electrons. The van der Waals surface area contributed by atoms with Gasteiger partial charge in [-0.2, -0.15) is 5.26 Å². The fraction of sp³-hybridized carbons (Fsp3) is 0.214. The highest BCUT2D eigenvalue weighted by Gasteiger charge is 2.21. The van der Waals surface area contributed by atoms with Crippen molar-refractivity contribution in [1.82, 2.24) is 9.97 Å². The van der Waals surface area contributed by atoms with E-state index < -0.39 is 0 Å². The summed E-state index contributed by atoms with van der Waals surface area (Å²) in [6.07, 6.45) is 4.13. The average Bonchev–Trinajstić information content (AvgIpc) is 2.47. The molecule has 0 bridgehead atoms. The van der Waals surface area contributed by atoms with Crippen LogP contribution in [0.25, 0.3) is 0 Å². The second-order valence-corrected chi connectivity index (χ2v) is 5.24. The molecule has 1 aliphatic heterocycles. The van der Waals surface area contributed by atoms with Gasteiger partial charge in [0.25, 0.3) is 0 Å². The van der Waals surface area contributed by atoms with Gasteiger partial charge in [-0.05, 0) is 23.6 Å². The first kappa shape index (κ1) is 12.1. The number of fused-ring (bicyclic) bond motifs is 1. The smallest absolute Gasteiger partial charge is 0.183 e. The minimum absolute atomic E-state index is 0.390. The fourth-order valence-electron chi connectivity index (χ4n) is 2.38. The van der Waals surface area contributed by atoms with Crippen LogP contribution in [0.5, 0.6) is 0 Å². The lowest BCUT2D eigenvalue weighted by Gasteiger charge is -2.30. The molecule has 0 atom stereocenters. The van der Waals surface area contributed by atoms with Crippen molar-refractivity contribution in [2.24, 2.45) is 0 Å². The molecule has 0 saturated carbocycles. The molecule has 0 unspecified atom stereocenters. The normalized spacial score (nSPS) is 13.8. The molecule has 0 fully saturated rings. The van der Waals surface area contributed by atoms with E-state index in [4.69, 9.17) is 5.26 Å². The van der Waals surface area contributed by atoms with Gasteiger partial charge in [-0.1, -0.05) is 28.1 Å². The second-order valence-electron chi connectivity index (χ2n) is 4.39. The van der Waals surface area contributed by atoms with Crippen LogP contribution in [0.15, 0.2) is 35.1 Å². The SMILES string of the molecule is N#Cc1nccnc1N1CCc2c(Br)cccc2C1. The predicted molar refractivity (Wildman–Crippen MR) is 75.6 cm³/mol. The summed E-state index contributed by atoms with van der Waals surface area (Å²) < 4.78 is 1.16. The van der Waals surface area contributed by atoms with E-state index in [-0.39, 0.29) is 0 Å². The zero-order valence-electron chi connectivity index (χ0n) is 10.2. The van der Waals surface area contributed by atoms with E-state index in [1.165, 1.54) is 11.1 Å². The molecule has 0 spiro atoms. The first-order valence-electron chi connectivity index (χ1n) is 6.02. The lowest BCUT2D eigenvalue weighted by molar-refractivity contribution is 0.714. The Morgan fingerprint density at radius 1 is 1.26 bits per heavy atom. The van der Waals surface area contributed by atoms with Crippen molar-refractivity contribution in [3.63, 3.8) is 0 Å². The summed E-state index contributed by atoms with van der Waals surface area (Å²) in [5.74, 6) is 0.677. The lowest BCUT2D eigenvalue weighted by Crippen LogP contribution is -2.32. The molecular formula is C14H11BrN4. The van der Waals surface area contributed by atoms with Crippen LogP contribution in [0.4, 0.5) is 5.82 Å². The second kappa shape index (κ2) is 4.98. The standard InChI is InChI=1S/C14H11BrN4/c15-12-3-1-2-10-9-19(7-4-11(10)12)14-13(8-16)17-5-6-18-14/h1-3,5-6H,4,7,9H2. The van der Waals surface area contributed by atoms with Crippen molar-refractivity contribution >= 4 is 21.7 Å². The van der Waals surface area contributed by atoms with Crippen molar-refractivity contribution in [1.29, 1.82) is 5.26 Å². The first-order valence-corrected chi connectivity index (χ1v) is 6.81. The highest BCUT2D eigenvalue weighted by molar-refractivity contribution is 9.10. The van der Waals surface area contributed by atoms with Crippen molar-refractivity contribution in [3.05, 3.63) is 51.9 Å². The Morgan fingerprint density at radius 2 is 2.11 bits per heavy atom. The Hall–Kier alpha value is -1.93. The summed E-state index contributed by atoms with van der Waals surface area (Å²) in [7, 11) is 0. The summed E-state index contributed by atoms with van der Waals surface area (Å²) in [6.45, 7) is 1.62. The zero-order chi connectivity index (χ0) is 13.2. The number of aromatic nitrogens is 2. The van der Waals surface area contributed by atoms with E-state index in [0.29, 0.717) is 11.5 Å². The van der Waals surface area contributed by atoms with Crippen LogP contribution < -0.4 is 4.90 Å². The average molecular weight is 315 g/mol. The van der Waals surface area contributed by atoms with Gasteiger partial charge in [0.1, 0.15) is 6.07 Å². The quantitative estimate of drug-likeness (QED) is 0.812. The van der Waals surface area contributed by atoms with Gasteiger partial charge in [-0.15, -0.1) is 0 Å². The van der Waals surface area contributed by atoms with Gasteiger partial charge in [0, 0.05) is 30.0 Å². The summed E-state index contributed by atoms with van der Waals surface area (Å²) in [5.41, 5.74) is 3.01. The number of anilines is 1. The highest BCUT2D eigenvalue weighted by atomic mass is 79.9. The third-order valence-corrected chi connectivity index (χ3v) is 4.04. The van der Waals surface area contributed by atoms with Crippen LogP contribution in [-0.2, 0) is 13.0 Å². The van der Waals surface area contributed by atoms with E-state index in [1.807, 2.05) is 6.07 Å². The van der Waals surface area contributed by atoms with Gasteiger partial charge in [0.2, 0.25) is 0 Å². The summed E-state index contributed by atoms with van der Waals surface area (Å²) in [6, 6.07) is 8.33. The lowest BCUT2D eigenvalue weighted by atomic mass is 10.00. The Kier molecular flexibility index (Phi) is 3.18. The summed E-state index contributed by atoms with van der Waals surface area (Å²) in [4.78, 5) is 10.5. The van der Waals surface area contributed by atoms with Crippen LogP contribution in [0, 0.1) is 11.3 Å². The van der Waals surface area contributed by atoms with E-state index in [0.717, 1.165) is 24.0 Å². The molecule has 4 nitrogen and oxygen atoms in total. The molecule has 1 aliphatic rings. The molecule has 3 rings (SSSR count). The largest absolute Gasteiger partial charge is 0.350 e. The number of halogens is 1. The van der Waals surface area contributed by atoms with Crippen LogP contribution >= 0.6 is 15.9 Å². The van der Waals surface area contributed by atoms with Crippen molar-refractivity contribution in [2.75, 3.05) is 11.4 Å². The third kappa shape index (κ3) is 2.20. The molecule has 1 aromatic heterocycles. The molecule has 2 aromatic rings. The molecule has 0 aliphatic carbocycles. The number of hydrogen-bond acceptors (Lipinski definition) is 4. The predicted octanol–water partition coefficient (Wildman–Crippen LogP) is 2.67.